The van der Waals surface area contributed by atoms with E-state index in [0.717, 1.165) is 22.8 Å². The molecule has 1 aliphatic heterocycles. The lowest BCUT2D eigenvalue weighted by molar-refractivity contribution is -0.110. The first-order valence-corrected chi connectivity index (χ1v) is 5.98. The molecule has 0 atom stereocenters. The Hall–Kier alpha value is -1.62. The fourth-order valence-electron chi connectivity index (χ4n) is 1.56. The van der Waals surface area contributed by atoms with E-state index in [0.29, 0.717) is 6.54 Å². The number of benzene rings is 1. The molecule has 5 heteroatoms. The van der Waals surface area contributed by atoms with Gasteiger partial charge in [0.1, 0.15) is 11.5 Å². The van der Waals surface area contributed by atoms with Gasteiger partial charge in [0.15, 0.2) is 0 Å². The van der Waals surface area contributed by atoms with Gasteiger partial charge in [-0.15, -0.1) is 0 Å². The van der Waals surface area contributed by atoms with E-state index in [2.05, 4.69) is 5.32 Å². The SMILES string of the molecule is COc1ccc(C2=CSC(=O)CN2)c(OC)c1. The summed E-state index contributed by atoms with van der Waals surface area (Å²) in [6.45, 7) is 0.339. The third-order valence-electron chi connectivity index (χ3n) is 2.43. The molecule has 1 aromatic carbocycles. The average Bonchev–Trinajstić information content (AvgIpc) is 2.39. The normalized spacial score (nSPS) is 14.9. The van der Waals surface area contributed by atoms with Crippen molar-refractivity contribution in [2.75, 3.05) is 20.8 Å². The largest absolute Gasteiger partial charge is 0.497 e. The number of nitrogens with one attached hydrogen (secondary N) is 1. The van der Waals surface area contributed by atoms with Gasteiger partial charge in [-0.25, -0.2) is 0 Å². The number of ether oxygens (including phenoxy) is 2. The highest BCUT2D eigenvalue weighted by Crippen LogP contribution is 2.31. The van der Waals surface area contributed by atoms with Gasteiger partial charge in [-0.3, -0.25) is 4.79 Å². The van der Waals surface area contributed by atoms with Crippen molar-refractivity contribution in [3.05, 3.63) is 29.2 Å². The maximum atomic E-state index is 11.1. The summed E-state index contributed by atoms with van der Waals surface area (Å²) in [6, 6.07) is 5.59. The summed E-state index contributed by atoms with van der Waals surface area (Å²) in [7, 11) is 3.22. The van der Waals surface area contributed by atoms with E-state index in [-0.39, 0.29) is 5.12 Å². The molecule has 4 nitrogen and oxygen atoms in total. The van der Waals surface area contributed by atoms with Crippen LogP contribution in [0.3, 0.4) is 0 Å². The Morgan fingerprint density at radius 2 is 2.12 bits per heavy atom. The minimum absolute atomic E-state index is 0.112. The second-order valence-corrected chi connectivity index (χ2v) is 4.37. The molecule has 1 aliphatic rings. The molecule has 0 aromatic heterocycles. The molecule has 1 heterocycles. The van der Waals surface area contributed by atoms with E-state index in [1.807, 2.05) is 18.2 Å². The number of hydrogen-bond donors (Lipinski definition) is 1. The molecule has 0 aliphatic carbocycles. The van der Waals surface area contributed by atoms with Crippen molar-refractivity contribution < 1.29 is 14.3 Å². The molecular weight excluding hydrogens is 238 g/mol. The van der Waals surface area contributed by atoms with Gasteiger partial charge < -0.3 is 14.8 Å². The first kappa shape index (κ1) is 11.9. The Balaban J connectivity index is 2.35. The van der Waals surface area contributed by atoms with E-state index in [9.17, 15) is 4.79 Å². The third kappa shape index (κ3) is 2.55. The molecule has 0 bridgehead atoms. The van der Waals surface area contributed by atoms with Gasteiger partial charge in [0.05, 0.1) is 26.5 Å². The first-order chi connectivity index (χ1) is 8.24. The Bertz CT molecular complexity index is 471. The highest BCUT2D eigenvalue weighted by atomic mass is 32.2. The zero-order valence-electron chi connectivity index (χ0n) is 9.65. The minimum Gasteiger partial charge on any atom is -0.497 e. The summed E-state index contributed by atoms with van der Waals surface area (Å²) in [6.07, 6.45) is 0. The summed E-state index contributed by atoms with van der Waals surface area (Å²) in [5, 5.41) is 4.98. The average molecular weight is 251 g/mol. The molecule has 90 valence electrons. The van der Waals surface area contributed by atoms with Crippen LogP contribution < -0.4 is 14.8 Å². The number of methoxy groups -OCH3 is 2. The molecule has 0 radical (unpaired) electrons. The zero-order valence-corrected chi connectivity index (χ0v) is 10.5. The van der Waals surface area contributed by atoms with Crippen molar-refractivity contribution >= 4 is 22.6 Å². The van der Waals surface area contributed by atoms with Crippen molar-refractivity contribution in [3.8, 4) is 11.5 Å². The summed E-state index contributed by atoms with van der Waals surface area (Å²) in [4.78, 5) is 11.1. The predicted octanol–water partition coefficient (Wildman–Crippen LogP) is 1.87. The first-order valence-electron chi connectivity index (χ1n) is 5.10. The summed E-state index contributed by atoms with van der Waals surface area (Å²) in [5.41, 5.74) is 1.82. The number of hydrogen-bond acceptors (Lipinski definition) is 5. The van der Waals surface area contributed by atoms with Crippen LogP contribution in [0.2, 0.25) is 0 Å². The molecule has 0 fully saturated rings. The Kier molecular flexibility index (Phi) is 3.58. The zero-order chi connectivity index (χ0) is 12.3. The lowest BCUT2D eigenvalue weighted by atomic mass is 10.1. The van der Waals surface area contributed by atoms with Crippen LogP contribution in [0.15, 0.2) is 23.6 Å². The monoisotopic (exact) mass is 251 g/mol. The standard InChI is InChI=1S/C12H13NO3S/c1-15-8-3-4-9(11(5-8)16-2)10-7-17-12(14)6-13-10/h3-5,7,13H,6H2,1-2H3. The van der Waals surface area contributed by atoms with Crippen molar-refractivity contribution in [2.45, 2.75) is 0 Å². The van der Waals surface area contributed by atoms with E-state index >= 15 is 0 Å². The Labute approximate surface area is 104 Å². The van der Waals surface area contributed by atoms with Gasteiger partial charge in [-0.2, -0.15) is 0 Å². The highest BCUT2D eigenvalue weighted by molar-refractivity contribution is 8.16. The van der Waals surface area contributed by atoms with Gasteiger partial charge in [-0.1, -0.05) is 11.8 Å². The van der Waals surface area contributed by atoms with Crippen LogP contribution in [0.5, 0.6) is 11.5 Å². The number of rotatable bonds is 3. The number of carbonyl (C=O) groups is 1. The van der Waals surface area contributed by atoms with E-state index in [4.69, 9.17) is 9.47 Å². The maximum Gasteiger partial charge on any atom is 0.212 e. The van der Waals surface area contributed by atoms with E-state index < -0.39 is 0 Å². The van der Waals surface area contributed by atoms with Crippen LogP contribution in [-0.4, -0.2) is 25.9 Å². The Morgan fingerprint density at radius 1 is 1.29 bits per heavy atom. The molecule has 17 heavy (non-hydrogen) atoms. The van der Waals surface area contributed by atoms with Crippen LogP contribution in [0.4, 0.5) is 0 Å². The molecule has 0 unspecified atom stereocenters. The van der Waals surface area contributed by atoms with Gasteiger partial charge in [0.2, 0.25) is 5.12 Å². The molecule has 0 saturated heterocycles. The molecular formula is C12H13NO3S. The van der Waals surface area contributed by atoms with Gasteiger partial charge in [-0.05, 0) is 12.1 Å². The van der Waals surface area contributed by atoms with E-state index in [1.54, 1.807) is 19.6 Å². The summed E-state index contributed by atoms with van der Waals surface area (Å²) >= 11 is 1.20. The van der Waals surface area contributed by atoms with Crippen LogP contribution in [-0.2, 0) is 4.79 Å². The number of thioether (sulfide) groups is 1. The highest BCUT2D eigenvalue weighted by Gasteiger charge is 2.15. The fraction of sp³-hybridized carbons (Fsp3) is 0.250. The van der Waals surface area contributed by atoms with Crippen LogP contribution >= 0.6 is 11.8 Å². The fourth-order valence-corrected chi connectivity index (χ4v) is 2.17. The van der Waals surface area contributed by atoms with Gasteiger partial charge >= 0.3 is 0 Å². The second-order valence-electron chi connectivity index (χ2n) is 3.44. The van der Waals surface area contributed by atoms with Crippen molar-refractivity contribution in [3.63, 3.8) is 0 Å². The van der Waals surface area contributed by atoms with Crippen LogP contribution in [0, 0.1) is 0 Å². The molecule has 1 aromatic rings. The quantitative estimate of drug-likeness (QED) is 0.888. The van der Waals surface area contributed by atoms with Crippen LogP contribution in [0.1, 0.15) is 5.56 Å². The number of carbonyl (C=O) groups excluding carboxylic acids is 1. The van der Waals surface area contributed by atoms with Gasteiger partial charge in [0, 0.05) is 17.0 Å². The molecule has 2 rings (SSSR count). The summed E-state index contributed by atoms with van der Waals surface area (Å²) in [5.74, 6) is 1.46. The van der Waals surface area contributed by atoms with Crippen molar-refractivity contribution in [1.29, 1.82) is 0 Å². The second kappa shape index (κ2) is 5.14. The summed E-state index contributed by atoms with van der Waals surface area (Å²) < 4.78 is 10.4. The van der Waals surface area contributed by atoms with Gasteiger partial charge in [0.25, 0.3) is 0 Å². The lowest BCUT2D eigenvalue weighted by Gasteiger charge is -2.17. The minimum atomic E-state index is 0.112. The smallest absolute Gasteiger partial charge is 0.212 e. The molecule has 1 N–H and O–H groups in total. The third-order valence-corrected chi connectivity index (χ3v) is 3.19. The predicted molar refractivity (Wildman–Crippen MR) is 68.1 cm³/mol. The Morgan fingerprint density at radius 3 is 2.71 bits per heavy atom. The van der Waals surface area contributed by atoms with Crippen molar-refractivity contribution in [1.82, 2.24) is 5.32 Å². The molecule has 0 amide bonds. The van der Waals surface area contributed by atoms with E-state index in [1.165, 1.54) is 11.8 Å². The van der Waals surface area contributed by atoms with Crippen molar-refractivity contribution in [2.24, 2.45) is 0 Å². The van der Waals surface area contributed by atoms with Crippen LogP contribution in [0.25, 0.3) is 5.70 Å². The topological polar surface area (TPSA) is 47.6 Å². The lowest BCUT2D eigenvalue weighted by Crippen LogP contribution is -2.22. The maximum absolute atomic E-state index is 11.1. The molecule has 0 saturated carbocycles. The molecule has 0 spiro atoms.